The normalized spacial score (nSPS) is 20.9. The molecule has 1 aliphatic rings. The van der Waals surface area contributed by atoms with E-state index in [1.165, 1.54) is 0 Å². The van der Waals surface area contributed by atoms with E-state index in [9.17, 15) is 17.1 Å². The Bertz CT molecular complexity index is 502. The molecule has 0 aliphatic carbocycles. The number of ether oxygens (including phenoxy) is 1. The van der Waals surface area contributed by atoms with Gasteiger partial charge in [-0.1, -0.05) is 34.2 Å². The molecule has 5 nitrogen and oxygen atoms in total. The van der Waals surface area contributed by atoms with Crippen molar-refractivity contribution in [1.82, 2.24) is 4.31 Å². The van der Waals surface area contributed by atoms with Gasteiger partial charge in [-0.25, -0.2) is 4.79 Å². The molecule has 0 radical (unpaired) electrons. The Kier molecular flexibility index (Phi) is 2.55. The Morgan fingerprint density at radius 3 is 2.50 bits per heavy atom. The fourth-order valence-electron chi connectivity index (χ4n) is 1.56. The van der Waals surface area contributed by atoms with Crippen LogP contribution in [0.2, 0.25) is 0 Å². The summed E-state index contributed by atoms with van der Waals surface area (Å²) >= 11 is 0. The first-order valence-corrected chi connectivity index (χ1v) is 5.80. The van der Waals surface area contributed by atoms with Gasteiger partial charge < -0.3 is 4.74 Å². The van der Waals surface area contributed by atoms with Gasteiger partial charge >= 0.3 is 16.5 Å². The minimum absolute atomic E-state index is 0.113. The van der Waals surface area contributed by atoms with Crippen molar-refractivity contribution < 1.29 is 21.8 Å². The summed E-state index contributed by atoms with van der Waals surface area (Å²) in [4.78, 5) is 11.1. The van der Waals surface area contributed by atoms with Crippen molar-refractivity contribution in [2.24, 2.45) is 0 Å². The van der Waals surface area contributed by atoms with Gasteiger partial charge in [-0.05, 0) is 5.56 Å². The zero-order chi connectivity index (χ0) is 11.8. The average molecular weight is 245 g/mol. The second-order valence-corrected chi connectivity index (χ2v) is 4.46. The van der Waals surface area contributed by atoms with Crippen molar-refractivity contribution in [3.63, 3.8) is 0 Å². The maximum atomic E-state index is 12.9. The van der Waals surface area contributed by atoms with Gasteiger partial charge in [0.15, 0.2) is 0 Å². The van der Waals surface area contributed by atoms with Crippen LogP contribution in [0.4, 0.5) is 8.68 Å². The molecule has 16 heavy (non-hydrogen) atoms. The predicted molar refractivity (Wildman–Crippen MR) is 52.4 cm³/mol. The molecule has 1 aromatic carbocycles. The van der Waals surface area contributed by atoms with Crippen molar-refractivity contribution in [3.05, 3.63) is 35.9 Å². The smallest absolute Gasteiger partial charge is 0.426 e. The third kappa shape index (κ3) is 1.85. The van der Waals surface area contributed by atoms with Crippen molar-refractivity contribution >= 4 is 16.5 Å². The van der Waals surface area contributed by atoms with Gasteiger partial charge in [-0.15, -0.1) is 0 Å². The largest absolute Gasteiger partial charge is 0.446 e. The van der Waals surface area contributed by atoms with Crippen LogP contribution in [0.1, 0.15) is 11.6 Å². The molecule has 1 atom stereocenters. The minimum atomic E-state index is -5.09. The molecule has 0 bridgehead atoms. The summed E-state index contributed by atoms with van der Waals surface area (Å²) in [6.45, 7) is -0.175. The molecule has 0 aromatic heterocycles. The van der Waals surface area contributed by atoms with E-state index < -0.39 is 22.5 Å². The number of halogens is 1. The number of nitrogens with zero attached hydrogens (tertiary/aromatic N) is 1. The lowest BCUT2D eigenvalue weighted by molar-refractivity contribution is 0.169. The first-order valence-electron chi connectivity index (χ1n) is 4.46. The molecule has 86 valence electrons. The highest BCUT2D eigenvalue weighted by atomic mass is 32.3. The van der Waals surface area contributed by atoms with Crippen LogP contribution < -0.4 is 0 Å². The van der Waals surface area contributed by atoms with Crippen molar-refractivity contribution in [1.29, 1.82) is 0 Å². The molecule has 1 saturated heterocycles. The summed E-state index contributed by atoms with van der Waals surface area (Å²) in [5.41, 5.74) is 0.509. The van der Waals surface area contributed by atoms with E-state index in [0.717, 1.165) is 0 Å². The first kappa shape index (κ1) is 10.9. The number of carbonyl (C=O) groups is 1. The highest BCUT2D eigenvalue weighted by Crippen LogP contribution is 2.30. The van der Waals surface area contributed by atoms with Crippen LogP contribution >= 0.6 is 0 Å². The van der Waals surface area contributed by atoms with E-state index >= 15 is 0 Å². The molecule has 1 heterocycles. The lowest BCUT2D eigenvalue weighted by Gasteiger charge is -2.16. The summed E-state index contributed by atoms with van der Waals surface area (Å²) in [7, 11) is -5.09. The topological polar surface area (TPSA) is 63.7 Å². The maximum Gasteiger partial charge on any atom is 0.426 e. The molecule has 7 heteroatoms. The van der Waals surface area contributed by atoms with Gasteiger partial charge in [0.2, 0.25) is 0 Å². The Hall–Kier alpha value is -1.63. The molecule has 1 fully saturated rings. The molecule has 0 spiro atoms. The number of hydrogen-bond acceptors (Lipinski definition) is 4. The van der Waals surface area contributed by atoms with Crippen LogP contribution in [0, 0.1) is 0 Å². The molecule has 0 unspecified atom stereocenters. The Labute approximate surface area is 91.8 Å². The summed E-state index contributed by atoms with van der Waals surface area (Å²) < 4.78 is 39.1. The van der Waals surface area contributed by atoms with Crippen LogP contribution in [0.15, 0.2) is 30.3 Å². The second-order valence-electron chi connectivity index (χ2n) is 3.24. The van der Waals surface area contributed by atoms with Crippen LogP contribution in [0.5, 0.6) is 0 Å². The number of rotatable bonds is 2. The van der Waals surface area contributed by atoms with E-state index in [1.54, 1.807) is 30.3 Å². The summed E-state index contributed by atoms with van der Waals surface area (Å²) in [5, 5.41) is 0. The number of hydrogen-bond donors (Lipinski definition) is 0. The second kappa shape index (κ2) is 3.75. The molecule has 0 saturated carbocycles. The van der Waals surface area contributed by atoms with Crippen LogP contribution in [0.3, 0.4) is 0 Å². The fraction of sp³-hybridized carbons (Fsp3) is 0.222. The van der Waals surface area contributed by atoms with E-state index in [2.05, 4.69) is 4.74 Å². The highest BCUT2D eigenvalue weighted by molar-refractivity contribution is 7.84. The Morgan fingerprint density at radius 2 is 1.94 bits per heavy atom. The molecule has 1 aromatic rings. The van der Waals surface area contributed by atoms with Gasteiger partial charge in [0.25, 0.3) is 0 Å². The third-order valence-corrected chi connectivity index (χ3v) is 3.12. The van der Waals surface area contributed by atoms with Gasteiger partial charge in [0, 0.05) is 0 Å². The summed E-state index contributed by atoms with van der Waals surface area (Å²) in [6.07, 6.45) is -1.18. The number of benzene rings is 1. The summed E-state index contributed by atoms with van der Waals surface area (Å²) in [5.74, 6) is 0. The van der Waals surface area contributed by atoms with Gasteiger partial charge in [-0.3, -0.25) is 0 Å². The zero-order valence-corrected chi connectivity index (χ0v) is 8.85. The zero-order valence-electron chi connectivity index (χ0n) is 8.04. The molecule has 1 amide bonds. The lowest BCUT2D eigenvalue weighted by Crippen LogP contribution is -2.31. The summed E-state index contributed by atoms with van der Waals surface area (Å²) in [6, 6.07) is 7.34. The quantitative estimate of drug-likeness (QED) is 0.739. The fourth-order valence-corrected chi connectivity index (χ4v) is 2.27. The number of carbonyl (C=O) groups excluding carboxylic acids is 1. The lowest BCUT2D eigenvalue weighted by atomic mass is 10.1. The number of amides is 1. The highest BCUT2D eigenvalue weighted by Gasteiger charge is 2.42. The minimum Gasteiger partial charge on any atom is -0.446 e. The molecule has 2 rings (SSSR count). The molecular formula is C9H8FNO4S. The maximum absolute atomic E-state index is 12.9. The van der Waals surface area contributed by atoms with Gasteiger partial charge in [0.1, 0.15) is 12.6 Å². The third-order valence-electron chi connectivity index (χ3n) is 2.25. The first-order chi connectivity index (χ1) is 7.50. The standard InChI is InChI=1S/C9H8FNO4S/c10-16(13,14)11-8(6-15-9(11)12)7-4-2-1-3-5-7/h1-5,8H,6H2/t8-/m1/s1. The average Bonchev–Trinajstić information content (AvgIpc) is 2.61. The van der Waals surface area contributed by atoms with E-state index in [-0.39, 0.29) is 10.9 Å². The number of cyclic esters (lactones) is 1. The predicted octanol–water partition coefficient (Wildman–Crippen LogP) is 1.39. The SMILES string of the molecule is O=C1OC[C@H](c2ccccc2)N1S(=O)(=O)F. The van der Waals surface area contributed by atoms with Crippen LogP contribution in [0.25, 0.3) is 0 Å². The monoisotopic (exact) mass is 245 g/mol. The van der Waals surface area contributed by atoms with Crippen LogP contribution in [-0.2, 0) is 15.1 Å². The van der Waals surface area contributed by atoms with Gasteiger partial charge in [-0.2, -0.15) is 12.7 Å². The van der Waals surface area contributed by atoms with Crippen molar-refractivity contribution in [3.8, 4) is 0 Å². The molecule has 1 aliphatic heterocycles. The molecular weight excluding hydrogens is 237 g/mol. The van der Waals surface area contributed by atoms with Gasteiger partial charge in [0.05, 0.1) is 0 Å². The Morgan fingerprint density at radius 1 is 1.31 bits per heavy atom. The van der Waals surface area contributed by atoms with E-state index in [1.807, 2.05) is 0 Å². The van der Waals surface area contributed by atoms with E-state index in [4.69, 9.17) is 0 Å². The van der Waals surface area contributed by atoms with Crippen molar-refractivity contribution in [2.75, 3.05) is 6.61 Å². The Balaban J connectivity index is 2.40. The molecule has 0 N–H and O–H groups in total. The van der Waals surface area contributed by atoms with Crippen LogP contribution in [-0.4, -0.2) is 25.4 Å². The van der Waals surface area contributed by atoms with Crippen molar-refractivity contribution in [2.45, 2.75) is 6.04 Å². The van der Waals surface area contributed by atoms with E-state index in [0.29, 0.717) is 5.56 Å².